The van der Waals surface area contributed by atoms with E-state index in [-0.39, 0.29) is 17.7 Å². The van der Waals surface area contributed by atoms with Gasteiger partial charge in [0.25, 0.3) is 11.1 Å². The lowest BCUT2D eigenvalue weighted by atomic mass is 10.1. The highest BCUT2D eigenvalue weighted by atomic mass is 35.5. The molecule has 0 radical (unpaired) electrons. The minimum absolute atomic E-state index is 0.239. The van der Waals surface area contributed by atoms with Crippen molar-refractivity contribution in [1.82, 2.24) is 4.90 Å². The minimum Gasteiger partial charge on any atom is -0.488 e. The van der Waals surface area contributed by atoms with Gasteiger partial charge in [0.1, 0.15) is 12.4 Å². The first kappa shape index (κ1) is 19.5. The molecule has 0 atom stereocenters. The molecule has 0 saturated carbocycles. The molecule has 3 rings (SSSR count). The van der Waals surface area contributed by atoms with Crippen molar-refractivity contribution in [2.24, 2.45) is 0 Å². The molecule has 0 aromatic heterocycles. The van der Waals surface area contributed by atoms with E-state index >= 15 is 0 Å². The summed E-state index contributed by atoms with van der Waals surface area (Å²) in [6.07, 6.45) is 1.68. The van der Waals surface area contributed by atoms with E-state index in [1.807, 2.05) is 48.5 Å². The highest BCUT2D eigenvalue weighted by Crippen LogP contribution is 2.34. The SMILES string of the molecule is COCCN1C(=O)S/C(=C\c2ccccc2OCc2ccccc2Cl)C1=O. The average Bonchev–Trinajstić information content (AvgIpc) is 2.93. The number of rotatable bonds is 7. The van der Waals surface area contributed by atoms with Gasteiger partial charge in [-0.2, -0.15) is 0 Å². The minimum atomic E-state index is -0.317. The van der Waals surface area contributed by atoms with Crippen LogP contribution in [0.1, 0.15) is 11.1 Å². The Morgan fingerprint density at radius 3 is 2.63 bits per heavy atom. The van der Waals surface area contributed by atoms with Crippen molar-refractivity contribution in [2.45, 2.75) is 6.61 Å². The van der Waals surface area contributed by atoms with Crippen molar-refractivity contribution in [3.05, 3.63) is 69.6 Å². The number of amides is 2. The van der Waals surface area contributed by atoms with Crippen LogP contribution in [0.25, 0.3) is 6.08 Å². The summed E-state index contributed by atoms with van der Waals surface area (Å²) in [5.74, 6) is 0.295. The first-order valence-corrected chi connectivity index (χ1v) is 9.49. The maximum absolute atomic E-state index is 12.5. The third kappa shape index (κ3) is 4.71. The number of hydrogen-bond acceptors (Lipinski definition) is 5. The topological polar surface area (TPSA) is 55.8 Å². The molecule has 0 bridgehead atoms. The molecule has 1 aliphatic heterocycles. The molecule has 0 spiro atoms. The van der Waals surface area contributed by atoms with Gasteiger partial charge in [-0.1, -0.05) is 48.0 Å². The van der Waals surface area contributed by atoms with Gasteiger partial charge in [0.05, 0.1) is 18.1 Å². The van der Waals surface area contributed by atoms with Gasteiger partial charge < -0.3 is 9.47 Å². The van der Waals surface area contributed by atoms with Crippen molar-refractivity contribution in [3.8, 4) is 5.75 Å². The van der Waals surface area contributed by atoms with Crippen molar-refractivity contribution >= 4 is 40.6 Å². The van der Waals surface area contributed by atoms with Crippen LogP contribution in [0.4, 0.5) is 4.79 Å². The van der Waals surface area contributed by atoms with E-state index in [1.54, 1.807) is 6.08 Å². The maximum Gasteiger partial charge on any atom is 0.293 e. The second kappa shape index (κ2) is 9.08. The molecular formula is C20H18ClNO4S. The number of carbonyl (C=O) groups excluding carboxylic acids is 2. The van der Waals surface area contributed by atoms with Crippen molar-refractivity contribution in [3.63, 3.8) is 0 Å². The first-order chi connectivity index (χ1) is 13.1. The van der Waals surface area contributed by atoms with E-state index in [0.29, 0.717) is 28.9 Å². The zero-order valence-corrected chi connectivity index (χ0v) is 16.3. The average molecular weight is 404 g/mol. The second-order valence-corrected chi connectivity index (χ2v) is 7.14. The monoisotopic (exact) mass is 403 g/mol. The third-order valence-corrected chi connectivity index (χ3v) is 5.22. The van der Waals surface area contributed by atoms with Gasteiger partial charge in [0.2, 0.25) is 0 Å². The Kier molecular flexibility index (Phi) is 6.55. The normalized spacial score (nSPS) is 15.6. The molecule has 27 heavy (non-hydrogen) atoms. The lowest BCUT2D eigenvalue weighted by molar-refractivity contribution is -0.123. The van der Waals surface area contributed by atoms with Crippen molar-refractivity contribution < 1.29 is 19.1 Å². The highest BCUT2D eigenvalue weighted by molar-refractivity contribution is 8.18. The number of benzene rings is 2. The van der Waals surface area contributed by atoms with Crippen LogP contribution in [-0.4, -0.2) is 36.3 Å². The molecule has 140 valence electrons. The van der Waals surface area contributed by atoms with Crippen molar-refractivity contribution in [2.75, 3.05) is 20.3 Å². The van der Waals surface area contributed by atoms with Gasteiger partial charge in [-0.15, -0.1) is 0 Å². The van der Waals surface area contributed by atoms with E-state index in [1.165, 1.54) is 12.0 Å². The molecule has 2 aromatic rings. The number of ether oxygens (including phenoxy) is 2. The Morgan fingerprint density at radius 2 is 1.85 bits per heavy atom. The van der Waals surface area contributed by atoms with E-state index in [2.05, 4.69) is 0 Å². The Bertz CT molecular complexity index is 884. The quantitative estimate of drug-likeness (QED) is 0.632. The fourth-order valence-electron chi connectivity index (χ4n) is 2.52. The van der Waals surface area contributed by atoms with Crippen LogP contribution in [-0.2, 0) is 16.1 Å². The van der Waals surface area contributed by atoms with Gasteiger partial charge in [0.15, 0.2) is 0 Å². The maximum atomic E-state index is 12.5. The van der Waals surface area contributed by atoms with Gasteiger partial charge in [-0.05, 0) is 30.0 Å². The number of methoxy groups -OCH3 is 1. The van der Waals surface area contributed by atoms with E-state index in [0.717, 1.165) is 22.9 Å². The summed E-state index contributed by atoms with van der Waals surface area (Å²) in [6.45, 7) is 0.853. The number of carbonyl (C=O) groups is 2. The van der Waals surface area contributed by atoms with E-state index in [9.17, 15) is 9.59 Å². The molecule has 5 nitrogen and oxygen atoms in total. The lowest BCUT2D eigenvalue weighted by Crippen LogP contribution is -2.31. The predicted molar refractivity (Wildman–Crippen MR) is 107 cm³/mol. The lowest BCUT2D eigenvalue weighted by Gasteiger charge is -2.11. The zero-order chi connectivity index (χ0) is 19.2. The standard InChI is InChI=1S/C20H18ClNO4S/c1-25-11-10-22-19(23)18(27-20(22)24)12-14-6-3-5-9-17(14)26-13-15-7-2-4-8-16(15)21/h2-9,12H,10-11,13H2,1H3/b18-12-. The molecular weight excluding hydrogens is 386 g/mol. The van der Waals surface area contributed by atoms with E-state index < -0.39 is 0 Å². The largest absolute Gasteiger partial charge is 0.488 e. The van der Waals surface area contributed by atoms with E-state index in [4.69, 9.17) is 21.1 Å². The van der Waals surface area contributed by atoms with Gasteiger partial charge in [-0.25, -0.2) is 0 Å². The number of thioether (sulfide) groups is 1. The fraction of sp³-hybridized carbons (Fsp3) is 0.200. The molecule has 0 unspecified atom stereocenters. The number of halogens is 1. The Labute approximate surface area is 166 Å². The van der Waals surface area contributed by atoms with Crippen LogP contribution in [0.3, 0.4) is 0 Å². The van der Waals surface area contributed by atoms with Crippen LogP contribution >= 0.6 is 23.4 Å². The molecule has 2 amide bonds. The Balaban J connectivity index is 1.78. The Morgan fingerprint density at radius 1 is 1.11 bits per heavy atom. The van der Waals surface area contributed by atoms with Gasteiger partial charge in [0, 0.05) is 23.3 Å². The van der Waals surface area contributed by atoms with Gasteiger partial charge >= 0.3 is 0 Å². The molecule has 1 saturated heterocycles. The zero-order valence-electron chi connectivity index (χ0n) is 14.7. The number of para-hydroxylation sites is 1. The van der Waals surface area contributed by atoms with Crippen LogP contribution in [0.15, 0.2) is 53.4 Å². The molecule has 2 aromatic carbocycles. The molecule has 0 aliphatic carbocycles. The summed E-state index contributed by atoms with van der Waals surface area (Å²) in [4.78, 5) is 26.1. The van der Waals surface area contributed by atoms with Crippen LogP contribution in [0, 0.1) is 0 Å². The highest BCUT2D eigenvalue weighted by Gasteiger charge is 2.34. The van der Waals surface area contributed by atoms with Crippen LogP contribution in [0.2, 0.25) is 5.02 Å². The van der Waals surface area contributed by atoms with Crippen LogP contribution in [0.5, 0.6) is 5.75 Å². The molecule has 0 N–H and O–H groups in total. The summed E-state index contributed by atoms with van der Waals surface area (Å²) in [7, 11) is 1.53. The predicted octanol–water partition coefficient (Wildman–Crippen LogP) is 4.60. The fourth-order valence-corrected chi connectivity index (χ4v) is 3.56. The summed E-state index contributed by atoms with van der Waals surface area (Å²) in [5, 5.41) is 0.340. The Hall–Kier alpha value is -2.28. The number of imide groups is 1. The third-order valence-electron chi connectivity index (χ3n) is 3.94. The smallest absolute Gasteiger partial charge is 0.293 e. The molecule has 1 fully saturated rings. The van der Waals surface area contributed by atoms with Crippen LogP contribution < -0.4 is 4.74 Å². The summed E-state index contributed by atoms with van der Waals surface area (Å²) in [6, 6.07) is 14.8. The first-order valence-electron chi connectivity index (χ1n) is 8.29. The summed E-state index contributed by atoms with van der Waals surface area (Å²) < 4.78 is 10.9. The van der Waals surface area contributed by atoms with Crippen molar-refractivity contribution in [1.29, 1.82) is 0 Å². The van der Waals surface area contributed by atoms with Gasteiger partial charge in [-0.3, -0.25) is 14.5 Å². The summed E-state index contributed by atoms with van der Waals surface area (Å²) >= 11 is 7.09. The molecule has 1 aliphatic rings. The summed E-state index contributed by atoms with van der Waals surface area (Å²) in [5.41, 5.74) is 1.59. The number of nitrogens with zero attached hydrogens (tertiary/aromatic N) is 1. The molecule has 7 heteroatoms. The molecule has 1 heterocycles. The number of hydrogen-bond donors (Lipinski definition) is 0. The second-order valence-electron chi connectivity index (χ2n) is 5.74.